The predicted molar refractivity (Wildman–Crippen MR) is 74.8 cm³/mol. The Morgan fingerprint density at radius 1 is 1.44 bits per heavy atom. The molecule has 0 aromatic heterocycles. The van der Waals surface area contributed by atoms with Crippen LogP contribution in [-0.2, 0) is 9.53 Å². The van der Waals surface area contributed by atoms with Gasteiger partial charge in [0.2, 0.25) is 0 Å². The zero-order chi connectivity index (χ0) is 13.9. The molecule has 1 rings (SSSR count). The van der Waals surface area contributed by atoms with Crippen LogP contribution < -0.4 is 11.1 Å². The molecule has 0 bridgehead atoms. The first kappa shape index (κ1) is 14.8. The van der Waals surface area contributed by atoms with Gasteiger partial charge in [0.1, 0.15) is 6.10 Å². The normalized spacial score (nSPS) is 13.2. The molecule has 1 aromatic carbocycles. The van der Waals surface area contributed by atoms with Gasteiger partial charge in [-0.15, -0.1) is 0 Å². The lowest BCUT2D eigenvalue weighted by atomic mass is 10.2. The highest BCUT2D eigenvalue weighted by atomic mass is 35.5. The maximum atomic E-state index is 11.9. The molecule has 3 N–H and O–H groups in total. The number of nitrogens with one attached hydrogen (secondary N) is 1. The Labute approximate surface area is 112 Å². The van der Waals surface area contributed by atoms with Crippen LogP contribution in [0.4, 0.5) is 11.4 Å². The minimum Gasteiger partial charge on any atom is -0.399 e. The van der Waals surface area contributed by atoms with Gasteiger partial charge < -0.3 is 15.8 Å². The fraction of sp³-hybridized carbons (Fsp3) is 0.462. The molecule has 0 radical (unpaired) electrons. The van der Waals surface area contributed by atoms with Gasteiger partial charge in [0.25, 0.3) is 5.91 Å². The third-order valence-electron chi connectivity index (χ3n) is 2.15. The summed E-state index contributed by atoms with van der Waals surface area (Å²) in [6, 6.07) is 4.93. The molecule has 0 fully saturated rings. The molecule has 4 nitrogen and oxygen atoms in total. The van der Waals surface area contributed by atoms with E-state index < -0.39 is 6.10 Å². The number of rotatable bonds is 3. The topological polar surface area (TPSA) is 64.3 Å². The molecule has 5 heteroatoms. The fourth-order valence-electron chi connectivity index (χ4n) is 1.45. The first-order valence-electron chi connectivity index (χ1n) is 5.73. The third-order valence-corrected chi connectivity index (χ3v) is 2.46. The van der Waals surface area contributed by atoms with Gasteiger partial charge >= 0.3 is 0 Å². The lowest BCUT2D eigenvalue weighted by Gasteiger charge is -2.24. The Hall–Kier alpha value is -1.26. The number of anilines is 2. The van der Waals surface area contributed by atoms with Crippen LogP contribution in [-0.4, -0.2) is 17.6 Å². The highest BCUT2D eigenvalue weighted by molar-refractivity contribution is 6.34. The molecule has 1 aromatic rings. The number of halogens is 1. The molecule has 0 aliphatic rings. The summed E-state index contributed by atoms with van der Waals surface area (Å²) in [5.41, 5.74) is 6.29. The van der Waals surface area contributed by atoms with Crippen LogP contribution in [0.25, 0.3) is 0 Å². The van der Waals surface area contributed by atoms with Crippen LogP contribution in [0.3, 0.4) is 0 Å². The van der Waals surface area contributed by atoms with Crippen molar-refractivity contribution in [3.63, 3.8) is 0 Å². The van der Waals surface area contributed by atoms with Gasteiger partial charge in [-0.05, 0) is 45.9 Å². The van der Waals surface area contributed by atoms with E-state index >= 15 is 0 Å². The number of nitrogens with two attached hydrogens (primary N) is 1. The molecule has 0 heterocycles. The number of nitrogen functional groups attached to an aromatic ring is 1. The molecule has 18 heavy (non-hydrogen) atoms. The second-order valence-corrected chi connectivity index (χ2v) is 5.51. The zero-order valence-electron chi connectivity index (χ0n) is 11.1. The standard InChI is InChI=1S/C13H19ClN2O2/c1-8(18-13(2,3)4)12(17)16-11-6-5-9(15)7-10(11)14/h5-8H,15H2,1-4H3,(H,16,17). The summed E-state index contributed by atoms with van der Waals surface area (Å²) in [5, 5.41) is 3.12. The monoisotopic (exact) mass is 270 g/mol. The average Bonchev–Trinajstić information content (AvgIpc) is 2.19. The lowest BCUT2D eigenvalue weighted by molar-refractivity contribution is -0.135. The van der Waals surface area contributed by atoms with Crippen molar-refractivity contribution in [1.82, 2.24) is 0 Å². The van der Waals surface area contributed by atoms with E-state index in [2.05, 4.69) is 5.32 Å². The Bertz CT molecular complexity index is 441. The zero-order valence-corrected chi connectivity index (χ0v) is 11.8. The van der Waals surface area contributed by atoms with Gasteiger partial charge in [-0.3, -0.25) is 4.79 Å². The van der Waals surface area contributed by atoms with Crippen molar-refractivity contribution in [3.05, 3.63) is 23.2 Å². The maximum Gasteiger partial charge on any atom is 0.253 e. The van der Waals surface area contributed by atoms with E-state index in [1.54, 1.807) is 25.1 Å². The van der Waals surface area contributed by atoms with Crippen molar-refractivity contribution in [3.8, 4) is 0 Å². The average molecular weight is 271 g/mol. The highest BCUT2D eigenvalue weighted by Crippen LogP contribution is 2.24. The smallest absolute Gasteiger partial charge is 0.253 e. The van der Waals surface area contributed by atoms with E-state index in [4.69, 9.17) is 22.1 Å². The van der Waals surface area contributed by atoms with Crippen LogP contribution in [0.5, 0.6) is 0 Å². The summed E-state index contributed by atoms with van der Waals surface area (Å²) in [6.07, 6.45) is -0.557. The summed E-state index contributed by atoms with van der Waals surface area (Å²) in [6.45, 7) is 7.39. The van der Waals surface area contributed by atoms with Crippen molar-refractivity contribution < 1.29 is 9.53 Å². The molecule has 0 aliphatic heterocycles. The van der Waals surface area contributed by atoms with E-state index in [0.29, 0.717) is 16.4 Å². The van der Waals surface area contributed by atoms with Gasteiger partial charge in [-0.1, -0.05) is 11.6 Å². The highest BCUT2D eigenvalue weighted by Gasteiger charge is 2.21. The number of amides is 1. The molecule has 0 aliphatic carbocycles. The van der Waals surface area contributed by atoms with Crippen molar-refractivity contribution >= 4 is 28.9 Å². The minimum absolute atomic E-state index is 0.239. The van der Waals surface area contributed by atoms with Crippen LogP contribution in [0, 0.1) is 0 Å². The third kappa shape index (κ3) is 4.55. The van der Waals surface area contributed by atoms with Crippen molar-refractivity contribution in [2.75, 3.05) is 11.1 Å². The van der Waals surface area contributed by atoms with Crippen LogP contribution in [0.1, 0.15) is 27.7 Å². The van der Waals surface area contributed by atoms with Crippen LogP contribution in [0.15, 0.2) is 18.2 Å². The number of hydrogen-bond donors (Lipinski definition) is 2. The Balaban J connectivity index is 2.70. The second-order valence-electron chi connectivity index (χ2n) is 5.10. The van der Waals surface area contributed by atoms with Crippen LogP contribution >= 0.6 is 11.6 Å². The SMILES string of the molecule is CC(OC(C)(C)C)C(=O)Nc1ccc(N)cc1Cl. The fourth-order valence-corrected chi connectivity index (χ4v) is 1.69. The molecular formula is C13H19ClN2O2. The summed E-state index contributed by atoms with van der Waals surface area (Å²) >= 11 is 5.98. The molecular weight excluding hydrogens is 252 g/mol. The van der Waals surface area contributed by atoms with Gasteiger partial charge in [0, 0.05) is 5.69 Å². The summed E-state index contributed by atoms with van der Waals surface area (Å²) in [4.78, 5) is 11.9. The number of hydrogen-bond acceptors (Lipinski definition) is 3. The first-order chi connectivity index (χ1) is 8.19. The minimum atomic E-state index is -0.557. The van der Waals surface area contributed by atoms with E-state index in [1.807, 2.05) is 20.8 Å². The number of benzene rings is 1. The van der Waals surface area contributed by atoms with E-state index in [-0.39, 0.29) is 11.5 Å². The van der Waals surface area contributed by atoms with E-state index in [1.165, 1.54) is 0 Å². The summed E-state index contributed by atoms with van der Waals surface area (Å²) in [7, 11) is 0. The largest absolute Gasteiger partial charge is 0.399 e. The molecule has 0 saturated carbocycles. The van der Waals surface area contributed by atoms with Crippen LogP contribution in [0.2, 0.25) is 5.02 Å². The molecule has 1 amide bonds. The van der Waals surface area contributed by atoms with E-state index in [9.17, 15) is 4.79 Å². The van der Waals surface area contributed by atoms with Gasteiger partial charge in [0.05, 0.1) is 16.3 Å². The molecule has 0 saturated heterocycles. The summed E-state index contributed by atoms with van der Waals surface area (Å²) in [5.74, 6) is -0.239. The maximum absolute atomic E-state index is 11.9. The Morgan fingerprint density at radius 2 is 2.06 bits per heavy atom. The molecule has 0 spiro atoms. The number of ether oxygens (including phenoxy) is 1. The van der Waals surface area contributed by atoms with Gasteiger partial charge in [0.15, 0.2) is 0 Å². The Kier molecular flexibility index (Phi) is 4.59. The first-order valence-corrected chi connectivity index (χ1v) is 6.10. The van der Waals surface area contributed by atoms with E-state index in [0.717, 1.165) is 0 Å². The number of carbonyl (C=O) groups excluding carboxylic acids is 1. The summed E-state index contributed by atoms with van der Waals surface area (Å²) < 4.78 is 5.56. The van der Waals surface area contributed by atoms with Crippen molar-refractivity contribution in [2.24, 2.45) is 0 Å². The molecule has 1 atom stereocenters. The Morgan fingerprint density at radius 3 is 2.56 bits per heavy atom. The second kappa shape index (κ2) is 5.59. The van der Waals surface area contributed by atoms with Gasteiger partial charge in [-0.25, -0.2) is 0 Å². The quantitative estimate of drug-likeness (QED) is 0.830. The molecule has 100 valence electrons. The predicted octanol–water partition coefficient (Wildman–Crippen LogP) is 3.06. The molecule has 1 unspecified atom stereocenters. The lowest BCUT2D eigenvalue weighted by Crippen LogP contribution is -2.34. The number of carbonyl (C=O) groups is 1. The van der Waals surface area contributed by atoms with Gasteiger partial charge in [-0.2, -0.15) is 0 Å². The van der Waals surface area contributed by atoms with Crippen molar-refractivity contribution in [2.45, 2.75) is 39.4 Å². The van der Waals surface area contributed by atoms with Crippen molar-refractivity contribution in [1.29, 1.82) is 0 Å².